The van der Waals surface area contributed by atoms with E-state index in [-0.39, 0.29) is 17.8 Å². The van der Waals surface area contributed by atoms with Gasteiger partial charge in [0.1, 0.15) is 5.82 Å². The summed E-state index contributed by atoms with van der Waals surface area (Å²) >= 11 is 6.32. The molecule has 37 heavy (non-hydrogen) atoms. The molecule has 2 aliphatic heterocycles. The van der Waals surface area contributed by atoms with Gasteiger partial charge in [-0.3, -0.25) is 14.5 Å². The summed E-state index contributed by atoms with van der Waals surface area (Å²) in [6.45, 7) is 1.52. The highest BCUT2D eigenvalue weighted by atomic mass is 35.5. The zero-order valence-electron chi connectivity index (χ0n) is 19.9. The highest BCUT2D eigenvalue weighted by Crippen LogP contribution is 2.45. The Morgan fingerprint density at radius 1 is 1.05 bits per heavy atom. The second kappa shape index (κ2) is 9.79. The number of hydrogen-bond donors (Lipinski definition) is 1. The number of nitrogens with zero attached hydrogens (tertiary/aromatic N) is 3. The monoisotopic (exact) mass is 528 g/mol. The quantitative estimate of drug-likeness (QED) is 0.449. The Labute approximate surface area is 217 Å². The van der Waals surface area contributed by atoms with E-state index in [0.29, 0.717) is 23.0 Å². The van der Waals surface area contributed by atoms with Gasteiger partial charge in [-0.15, -0.1) is 0 Å². The van der Waals surface area contributed by atoms with E-state index < -0.39 is 23.2 Å². The molecule has 10 heteroatoms. The molecule has 5 rings (SSSR count). The predicted octanol–water partition coefficient (Wildman–Crippen LogP) is 6.05. The molecule has 0 bridgehead atoms. The van der Waals surface area contributed by atoms with Gasteiger partial charge >= 0.3 is 6.18 Å². The summed E-state index contributed by atoms with van der Waals surface area (Å²) < 4.78 is 39.8. The Morgan fingerprint density at radius 2 is 1.81 bits per heavy atom. The summed E-state index contributed by atoms with van der Waals surface area (Å²) in [5.41, 5.74) is 0.581. The van der Waals surface area contributed by atoms with E-state index in [1.807, 2.05) is 12.1 Å². The smallest absolute Gasteiger partial charge is 0.308 e. The first kappa shape index (κ1) is 25.2. The molecule has 2 aliphatic rings. The Morgan fingerprint density at radius 3 is 2.54 bits per heavy atom. The van der Waals surface area contributed by atoms with Gasteiger partial charge in [-0.05, 0) is 80.4 Å². The predicted molar refractivity (Wildman–Crippen MR) is 135 cm³/mol. The van der Waals surface area contributed by atoms with Gasteiger partial charge in [-0.1, -0.05) is 23.7 Å². The van der Waals surface area contributed by atoms with Gasteiger partial charge < -0.3 is 10.2 Å². The number of benzene rings is 2. The third-order valence-corrected chi connectivity index (χ3v) is 7.31. The number of aromatic nitrogens is 1. The minimum absolute atomic E-state index is 0.0396. The van der Waals surface area contributed by atoms with Crippen LogP contribution in [0.15, 0.2) is 60.8 Å². The van der Waals surface area contributed by atoms with Crippen LogP contribution in [0.1, 0.15) is 50.7 Å². The van der Waals surface area contributed by atoms with Crippen molar-refractivity contribution in [1.29, 1.82) is 0 Å². The first-order chi connectivity index (χ1) is 17.6. The lowest BCUT2D eigenvalue weighted by Crippen LogP contribution is -2.32. The summed E-state index contributed by atoms with van der Waals surface area (Å²) in [4.78, 5) is 34.2. The van der Waals surface area contributed by atoms with Crippen molar-refractivity contribution in [2.24, 2.45) is 5.92 Å². The van der Waals surface area contributed by atoms with Gasteiger partial charge in [0.25, 0.3) is 11.8 Å². The number of hydrogen-bond acceptors (Lipinski definition) is 4. The standard InChI is InChI=1S/C27H24ClF3N4O2/c1-34-12-10-16-11-13-35(22-8-7-18(28)14-20(22)24(16)34)26(37)17-6-9-23(32-15-17)33-25(36)19-4-2-3-5-21(19)27(29,30)31/h2-9,14-16,24H,10-13H2,1H3,(H,32,33,36)/t16-,24-/m1/s1. The number of pyridine rings is 1. The Balaban J connectivity index is 1.37. The Bertz CT molecular complexity index is 1350. The van der Waals surface area contributed by atoms with E-state index in [1.165, 1.54) is 30.5 Å². The van der Waals surface area contributed by atoms with Crippen molar-refractivity contribution in [3.63, 3.8) is 0 Å². The van der Waals surface area contributed by atoms with E-state index in [2.05, 4.69) is 22.2 Å². The van der Waals surface area contributed by atoms with Gasteiger partial charge in [0.15, 0.2) is 0 Å². The molecule has 2 aromatic carbocycles. The van der Waals surface area contributed by atoms with E-state index in [1.54, 1.807) is 11.0 Å². The summed E-state index contributed by atoms with van der Waals surface area (Å²) in [5, 5.41) is 3.00. The van der Waals surface area contributed by atoms with Gasteiger partial charge in [0.2, 0.25) is 0 Å². The number of carbonyl (C=O) groups is 2. The molecule has 1 N–H and O–H groups in total. The van der Waals surface area contributed by atoms with E-state index in [0.717, 1.165) is 42.8 Å². The fourth-order valence-electron chi connectivity index (χ4n) is 5.32. The van der Waals surface area contributed by atoms with Crippen LogP contribution < -0.4 is 10.2 Å². The van der Waals surface area contributed by atoms with Crippen molar-refractivity contribution in [2.45, 2.75) is 25.1 Å². The number of carbonyl (C=O) groups excluding carboxylic acids is 2. The van der Waals surface area contributed by atoms with E-state index >= 15 is 0 Å². The van der Waals surface area contributed by atoms with Crippen LogP contribution in [0.5, 0.6) is 0 Å². The number of anilines is 2. The number of amides is 2. The van der Waals surface area contributed by atoms with Crippen molar-refractivity contribution in [3.05, 3.63) is 88.1 Å². The zero-order valence-corrected chi connectivity index (χ0v) is 20.7. The summed E-state index contributed by atoms with van der Waals surface area (Å²) in [6.07, 6.45) is -1.46. The summed E-state index contributed by atoms with van der Waals surface area (Å²) in [6, 6.07) is 13.2. The van der Waals surface area contributed by atoms with Crippen molar-refractivity contribution < 1.29 is 22.8 Å². The Hall–Kier alpha value is -3.43. The van der Waals surface area contributed by atoms with Crippen LogP contribution in [0.3, 0.4) is 0 Å². The molecule has 2 amide bonds. The van der Waals surface area contributed by atoms with Gasteiger partial charge in [0, 0.05) is 29.5 Å². The maximum atomic E-state index is 13.5. The third kappa shape index (κ3) is 4.93. The molecule has 1 aromatic heterocycles. The minimum atomic E-state index is -4.67. The average Bonchev–Trinajstić information content (AvgIpc) is 3.15. The summed E-state index contributed by atoms with van der Waals surface area (Å²) in [7, 11) is 2.08. The molecular formula is C27H24ClF3N4O2. The number of alkyl halides is 3. The Kier molecular flexibility index (Phi) is 6.68. The second-order valence-electron chi connectivity index (χ2n) is 9.35. The maximum absolute atomic E-state index is 13.5. The molecule has 6 nitrogen and oxygen atoms in total. The van der Waals surface area contributed by atoms with Crippen LogP contribution in [0.25, 0.3) is 0 Å². The van der Waals surface area contributed by atoms with Gasteiger partial charge in [-0.25, -0.2) is 4.98 Å². The van der Waals surface area contributed by atoms with Crippen LogP contribution in [0, 0.1) is 5.92 Å². The number of likely N-dealkylation sites (tertiary alicyclic amines) is 1. The number of nitrogens with one attached hydrogen (secondary N) is 1. The number of fused-ring (bicyclic) bond motifs is 3. The van der Waals surface area contributed by atoms with Gasteiger partial charge in [0.05, 0.1) is 16.7 Å². The molecule has 2 atom stereocenters. The van der Waals surface area contributed by atoms with E-state index in [9.17, 15) is 22.8 Å². The fourth-order valence-corrected chi connectivity index (χ4v) is 5.50. The molecule has 0 saturated carbocycles. The van der Waals surface area contributed by atoms with Crippen LogP contribution in [-0.2, 0) is 6.18 Å². The molecule has 0 unspecified atom stereocenters. The third-order valence-electron chi connectivity index (χ3n) is 7.07. The fraction of sp³-hybridized carbons (Fsp3) is 0.296. The first-order valence-corrected chi connectivity index (χ1v) is 12.3. The van der Waals surface area contributed by atoms with Crippen LogP contribution in [0.4, 0.5) is 24.7 Å². The second-order valence-corrected chi connectivity index (χ2v) is 9.79. The van der Waals surface area contributed by atoms with Crippen molar-refractivity contribution in [3.8, 4) is 0 Å². The molecule has 0 spiro atoms. The molecule has 0 radical (unpaired) electrons. The topological polar surface area (TPSA) is 65.5 Å². The molecule has 3 aromatic rings. The van der Waals surface area contributed by atoms with Crippen LogP contribution in [0.2, 0.25) is 5.02 Å². The molecular weight excluding hydrogens is 505 g/mol. The number of halogens is 4. The summed E-state index contributed by atoms with van der Waals surface area (Å²) in [5.74, 6) is -0.736. The van der Waals surface area contributed by atoms with Crippen molar-refractivity contribution >= 4 is 34.9 Å². The van der Waals surface area contributed by atoms with E-state index in [4.69, 9.17) is 11.6 Å². The van der Waals surface area contributed by atoms with Crippen molar-refractivity contribution in [1.82, 2.24) is 9.88 Å². The van der Waals surface area contributed by atoms with Crippen molar-refractivity contribution in [2.75, 3.05) is 30.4 Å². The number of rotatable bonds is 3. The van der Waals surface area contributed by atoms with Gasteiger partial charge in [-0.2, -0.15) is 13.2 Å². The minimum Gasteiger partial charge on any atom is -0.308 e. The highest BCUT2D eigenvalue weighted by molar-refractivity contribution is 6.30. The molecule has 192 valence electrons. The molecule has 1 saturated heterocycles. The zero-order chi connectivity index (χ0) is 26.3. The molecule has 1 fully saturated rings. The lowest BCUT2D eigenvalue weighted by molar-refractivity contribution is -0.137. The normalized spacial score (nSPS) is 19.6. The SMILES string of the molecule is CN1CC[C@@H]2CCN(C(=O)c3ccc(NC(=O)c4ccccc4C(F)(F)F)nc3)c3ccc(Cl)cc3[C@@H]21. The first-order valence-electron chi connectivity index (χ1n) is 11.9. The molecule has 0 aliphatic carbocycles. The largest absolute Gasteiger partial charge is 0.417 e. The highest BCUT2D eigenvalue weighted by Gasteiger charge is 2.39. The average molecular weight is 529 g/mol. The van der Waals surface area contributed by atoms with Crippen LogP contribution >= 0.6 is 11.6 Å². The lowest BCUT2D eigenvalue weighted by atomic mass is 9.92. The maximum Gasteiger partial charge on any atom is 0.417 e. The van der Waals surface area contributed by atoms with Crippen LogP contribution in [-0.4, -0.2) is 41.8 Å². The lowest BCUT2D eigenvalue weighted by Gasteiger charge is -2.27. The molecule has 3 heterocycles.